The van der Waals surface area contributed by atoms with Gasteiger partial charge in [0.25, 0.3) is 11.8 Å². The minimum absolute atomic E-state index is 0.108. The molecule has 0 saturated heterocycles. The average Bonchev–Trinajstić information content (AvgIpc) is 2.83. The second-order valence-electron chi connectivity index (χ2n) is 7.63. The first-order valence-corrected chi connectivity index (χ1v) is 11.1. The van der Waals surface area contributed by atoms with Gasteiger partial charge in [-0.2, -0.15) is 0 Å². The molecule has 0 heterocycles. The fraction of sp³-hybridized carbons (Fsp3) is 0.259. The molecule has 0 aliphatic carbocycles. The van der Waals surface area contributed by atoms with Gasteiger partial charge >= 0.3 is 0 Å². The first-order valence-electron chi connectivity index (χ1n) is 11.1. The van der Waals surface area contributed by atoms with E-state index in [4.69, 9.17) is 0 Å². The van der Waals surface area contributed by atoms with Crippen LogP contribution in [0.2, 0.25) is 0 Å². The molecule has 0 bridgehead atoms. The molecule has 0 aliphatic rings. The number of nitrogens with zero attached hydrogens (tertiary/aromatic N) is 1. The van der Waals surface area contributed by atoms with Crippen LogP contribution >= 0.6 is 0 Å². The maximum atomic E-state index is 12.9. The van der Waals surface area contributed by atoms with E-state index in [0.29, 0.717) is 29.8 Å². The quantitative estimate of drug-likeness (QED) is 0.495. The number of amides is 2. The second-order valence-corrected chi connectivity index (χ2v) is 7.63. The SMILES string of the molecule is CCN(CC)CCNC(=O)c1ccc(NC(=O)c2ccccc2Cc2ccccc2)cc1. The minimum Gasteiger partial charge on any atom is -0.351 e. The van der Waals surface area contributed by atoms with Crippen molar-refractivity contribution >= 4 is 17.5 Å². The van der Waals surface area contributed by atoms with Crippen LogP contribution < -0.4 is 10.6 Å². The summed E-state index contributed by atoms with van der Waals surface area (Å²) in [6, 6.07) is 24.7. The van der Waals surface area contributed by atoms with Crippen molar-refractivity contribution in [3.05, 3.63) is 101 Å². The fourth-order valence-corrected chi connectivity index (χ4v) is 3.58. The molecule has 0 unspecified atom stereocenters. The maximum absolute atomic E-state index is 12.9. The number of rotatable bonds is 10. The number of carbonyl (C=O) groups is 2. The minimum atomic E-state index is -0.159. The molecule has 0 spiro atoms. The molecule has 0 radical (unpaired) electrons. The van der Waals surface area contributed by atoms with Crippen molar-refractivity contribution in [3.8, 4) is 0 Å². The van der Waals surface area contributed by atoms with Crippen LogP contribution in [0.15, 0.2) is 78.9 Å². The Kier molecular flexibility index (Phi) is 8.58. The number of hydrogen-bond acceptors (Lipinski definition) is 3. The Morgan fingerprint density at radius 2 is 1.44 bits per heavy atom. The molecule has 5 heteroatoms. The van der Waals surface area contributed by atoms with Gasteiger partial charge in [0.2, 0.25) is 0 Å². The van der Waals surface area contributed by atoms with Gasteiger partial charge in [-0.1, -0.05) is 62.4 Å². The monoisotopic (exact) mass is 429 g/mol. The van der Waals surface area contributed by atoms with Crippen LogP contribution in [0.4, 0.5) is 5.69 Å². The van der Waals surface area contributed by atoms with Crippen LogP contribution in [0.25, 0.3) is 0 Å². The zero-order valence-corrected chi connectivity index (χ0v) is 18.8. The van der Waals surface area contributed by atoms with E-state index < -0.39 is 0 Å². The molecule has 5 nitrogen and oxygen atoms in total. The number of likely N-dealkylation sites (N-methyl/N-ethyl adjacent to an activating group) is 1. The molecule has 0 atom stereocenters. The molecule has 2 N–H and O–H groups in total. The molecular weight excluding hydrogens is 398 g/mol. The zero-order valence-electron chi connectivity index (χ0n) is 18.8. The van der Waals surface area contributed by atoms with Crippen LogP contribution in [-0.4, -0.2) is 42.9 Å². The highest BCUT2D eigenvalue weighted by atomic mass is 16.2. The lowest BCUT2D eigenvalue weighted by molar-refractivity contribution is 0.0948. The summed E-state index contributed by atoms with van der Waals surface area (Å²) >= 11 is 0. The summed E-state index contributed by atoms with van der Waals surface area (Å²) in [6.45, 7) is 7.59. The normalized spacial score (nSPS) is 10.7. The van der Waals surface area contributed by atoms with Crippen molar-refractivity contribution in [1.29, 1.82) is 0 Å². The molecular formula is C27H31N3O2. The fourth-order valence-electron chi connectivity index (χ4n) is 3.58. The van der Waals surface area contributed by atoms with E-state index in [9.17, 15) is 9.59 Å². The van der Waals surface area contributed by atoms with Crippen LogP contribution in [0.5, 0.6) is 0 Å². The molecule has 2 amide bonds. The van der Waals surface area contributed by atoms with Gasteiger partial charge in [-0.15, -0.1) is 0 Å². The summed E-state index contributed by atoms with van der Waals surface area (Å²) in [7, 11) is 0. The molecule has 166 valence electrons. The Bertz CT molecular complexity index is 1010. The molecule has 0 aliphatic heterocycles. The van der Waals surface area contributed by atoms with Gasteiger partial charge in [0.05, 0.1) is 0 Å². The topological polar surface area (TPSA) is 61.4 Å². The van der Waals surface area contributed by atoms with E-state index >= 15 is 0 Å². The van der Waals surface area contributed by atoms with Crippen LogP contribution in [-0.2, 0) is 6.42 Å². The van der Waals surface area contributed by atoms with Crippen molar-refractivity contribution in [2.75, 3.05) is 31.5 Å². The smallest absolute Gasteiger partial charge is 0.255 e. The van der Waals surface area contributed by atoms with Crippen molar-refractivity contribution in [3.63, 3.8) is 0 Å². The largest absolute Gasteiger partial charge is 0.351 e. The lowest BCUT2D eigenvalue weighted by Gasteiger charge is -2.18. The Hall–Kier alpha value is -3.44. The number of carbonyl (C=O) groups excluding carboxylic acids is 2. The maximum Gasteiger partial charge on any atom is 0.255 e. The first-order chi connectivity index (χ1) is 15.6. The molecule has 3 aromatic rings. The van der Waals surface area contributed by atoms with Gasteiger partial charge in [0.15, 0.2) is 0 Å². The lowest BCUT2D eigenvalue weighted by atomic mass is 9.99. The van der Waals surface area contributed by atoms with Gasteiger partial charge < -0.3 is 15.5 Å². The predicted molar refractivity (Wildman–Crippen MR) is 130 cm³/mol. The van der Waals surface area contributed by atoms with E-state index in [2.05, 4.69) is 41.5 Å². The van der Waals surface area contributed by atoms with Crippen molar-refractivity contribution < 1.29 is 9.59 Å². The van der Waals surface area contributed by atoms with E-state index in [1.165, 1.54) is 0 Å². The zero-order chi connectivity index (χ0) is 22.8. The number of nitrogens with one attached hydrogen (secondary N) is 2. The van der Waals surface area contributed by atoms with E-state index in [-0.39, 0.29) is 11.8 Å². The average molecular weight is 430 g/mol. The highest BCUT2D eigenvalue weighted by Gasteiger charge is 2.12. The van der Waals surface area contributed by atoms with Crippen LogP contribution in [0.3, 0.4) is 0 Å². The van der Waals surface area contributed by atoms with Gasteiger partial charge in [-0.05, 0) is 61.0 Å². The molecule has 0 aromatic heterocycles. The third-order valence-corrected chi connectivity index (χ3v) is 5.51. The molecule has 3 rings (SSSR count). The van der Waals surface area contributed by atoms with Gasteiger partial charge in [0.1, 0.15) is 0 Å². The summed E-state index contributed by atoms with van der Waals surface area (Å²) in [5.74, 6) is -0.267. The Labute approximate surface area is 190 Å². The van der Waals surface area contributed by atoms with E-state index in [0.717, 1.165) is 30.8 Å². The summed E-state index contributed by atoms with van der Waals surface area (Å²) < 4.78 is 0. The molecule has 3 aromatic carbocycles. The summed E-state index contributed by atoms with van der Waals surface area (Å²) in [5.41, 5.74) is 4.01. The number of hydrogen-bond donors (Lipinski definition) is 2. The molecule has 32 heavy (non-hydrogen) atoms. The third kappa shape index (κ3) is 6.53. The number of benzene rings is 3. The third-order valence-electron chi connectivity index (χ3n) is 5.51. The van der Waals surface area contributed by atoms with Crippen LogP contribution in [0.1, 0.15) is 45.7 Å². The van der Waals surface area contributed by atoms with Gasteiger partial charge in [-0.25, -0.2) is 0 Å². The molecule has 0 saturated carbocycles. The van der Waals surface area contributed by atoms with Crippen molar-refractivity contribution in [2.45, 2.75) is 20.3 Å². The van der Waals surface area contributed by atoms with Crippen molar-refractivity contribution in [1.82, 2.24) is 10.2 Å². The summed E-state index contributed by atoms with van der Waals surface area (Å²) in [5, 5.41) is 5.89. The Morgan fingerprint density at radius 1 is 0.781 bits per heavy atom. The standard InChI is InChI=1S/C27H31N3O2/c1-3-30(4-2)19-18-28-26(31)22-14-16-24(17-15-22)29-27(32)25-13-9-8-12-23(25)20-21-10-6-5-7-11-21/h5-17H,3-4,18-20H2,1-2H3,(H,28,31)(H,29,32). The summed E-state index contributed by atoms with van der Waals surface area (Å²) in [4.78, 5) is 27.5. The highest BCUT2D eigenvalue weighted by Crippen LogP contribution is 2.17. The van der Waals surface area contributed by atoms with Gasteiger partial charge in [0, 0.05) is 29.9 Å². The lowest BCUT2D eigenvalue weighted by Crippen LogP contribution is -2.34. The summed E-state index contributed by atoms with van der Waals surface area (Å²) in [6.07, 6.45) is 0.692. The van der Waals surface area contributed by atoms with E-state index in [1.807, 2.05) is 42.5 Å². The Balaban J connectivity index is 1.60. The predicted octanol–water partition coefficient (Wildman–Crippen LogP) is 4.60. The van der Waals surface area contributed by atoms with Gasteiger partial charge in [-0.3, -0.25) is 9.59 Å². The molecule has 0 fully saturated rings. The highest BCUT2D eigenvalue weighted by molar-refractivity contribution is 6.05. The number of anilines is 1. The van der Waals surface area contributed by atoms with Crippen molar-refractivity contribution in [2.24, 2.45) is 0 Å². The first kappa shape index (κ1) is 23.2. The van der Waals surface area contributed by atoms with E-state index in [1.54, 1.807) is 24.3 Å². The van der Waals surface area contributed by atoms with Crippen LogP contribution in [0, 0.1) is 0 Å². The Morgan fingerprint density at radius 3 is 2.12 bits per heavy atom. The second kappa shape index (κ2) is 11.8.